The highest BCUT2D eigenvalue weighted by Gasteiger charge is 2.46. The minimum Gasteiger partial charge on any atom is -0.295 e. The Morgan fingerprint density at radius 2 is 2.00 bits per heavy atom. The van der Waals surface area contributed by atoms with Crippen molar-refractivity contribution in [3.63, 3.8) is 0 Å². The summed E-state index contributed by atoms with van der Waals surface area (Å²) in [7, 11) is -4.93. The van der Waals surface area contributed by atoms with Gasteiger partial charge in [-0.25, -0.2) is 4.39 Å². The van der Waals surface area contributed by atoms with Crippen LogP contribution in [0.5, 0.6) is 0 Å². The Labute approximate surface area is 64.2 Å². The number of alkyl halides is 1. The fraction of sp³-hybridized carbons (Fsp3) is 0.800. The van der Waals surface area contributed by atoms with Gasteiger partial charge in [0, 0.05) is 6.42 Å². The van der Waals surface area contributed by atoms with Crippen LogP contribution in [-0.2, 0) is 14.9 Å². The lowest BCUT2D eigenvalue weighted by Gasteiger charge is -2.15. The largest absolute Gasteiger partial charge is 0.307 e. The molecule has 0 aliphatic carbocycles. The van der Waals surface area contributed by atoms with Gasteiger partial charge >= 0.3 is 10.1 Å². The molecule has 1 N–H and O–H groups in total. The van der Waals surface area contributed by atoms with E-state index in [9.17, 15) is 17.6 Å². The minimum absolute atomic E-state index is 0.582. The molecule has 0 saturated heterocycles. The van der Waals surface area contributed by atoms with Crippen molar-refractivity contribution < 1.29 is 22.2 Å². The SMILES string of the molecule is CCC(F)(C(C)=O)S(=O)(=O)O. The Morgan fingerprint density at radius 3 is 2.00 bits per heavy atom. The number of carbonyl (C=O) groups excluding carboxylic acids is 1. The van der Waals surface area contributed by atoms with E-state index >= 15 is 0 Å². The molecule has 11 heavy (non-hydrogen) atoms. The van der Waals surface area contributed by atoms with Gasteiger partial charge in [-0.15, -0.1) is 0 Å². The lowest BCUT2D eigenvalue weighted by molar-refractivity contribution is -0.124. The van der Waals surface area contributed by atoms with E-state index in [0.29, 0.717) is 0 Å². The van der Waals surface area contributed by atoms with Gasteiger partial charge in [-0.3, -0.25) is 9.35 Å². The standard InChI is InChI=1S/C5H9FO4S/c1-3-5(6,4(2)7)11(8,9)10/h3H2,1-2H3,(H,8,9,10). The predicted octanol–water partition coefficient (Wildman–Crippen LogP) is 0.539. The van der Waals surface area contributed by atoms with E-state index in [1.165, 1.54) is 0 Å². The van der Waals surface area contributed by atoms with Crippen molar-refractivity contribution >= 4 is 15.9 Å². The summed E-state index contributed by atoms with van der Waals surface area (Å²) in [5, 5.41) is -3.13. The van der Waals surface area contributed by atoms with Crippen molar-refractivity contribution in [2.24, 2.45) is 0 Å². The molecule has 0 aliphatic rings. The van der Waals surface area contributed by atoms with Crippen molar-refractivity contribution in [2.75, 3.05) is 0 Å². The molecule has 0 aliphatic heterocycles. The minimum atomic E-state index is -4.93. The molecule has 6 heteroatoms. The third-order valence-electron chi connectivity index (χ3n) is 1.39. The number of hydrogen-bond acceptors (Lipinski definition) is 3. The van der Waals surface area contributed by atoms with Crippen LogP contribution in [0.15, 0.2) is 0 Å². The predicted molar refractivity (Wildman–Crippen MR) is 36.4 cm³/mol. The summed E-state index contributed by atoms with van der Waals surface area (Å²) in [5.74, 6) is -1.21. The van der Waals surface area contributed by atoms with Crippen molar-refractivity contribution in [1.29, 1.82) is 0 Å². The summed E-state index contributed by atoms with van der Waals surface area (Å²) >= 11 is 0. The molecule has 0 aromatic heterocycles. The van der Waals surface area contributed by atoms with Gasteiger partial charge in [-0.05, 0) is 6.92 Å². The lowest BCUT2D eigenvalue weighted by Crippen LogP contribution is -2.39. The highest BCUT2D eigenvalue weighted by molar-refractivity contribution is 7.87. The summed E-state index contributed by atoms with van der Waals surface area (Å²) in [6.45, 7) is 1.94. The molecule has 4 nitrogen and oxygen atoms in total. The van der Waals surface area contributed by atoms with Crippen LogP contribution in [0.1, 0.15) is 20.3 Å². The van der Waals surface area contributed by atoms with E-state index in [1.807, 2.05) is 0 Å². The van der Waals surface area contributed by atoms with Crippen LogP contribution in [0.3, 0.4) is 0 Å². The molecule has 66 valence electrons. The summed E-state index contributed by atoms with van der Waals surface area (Å²) in [4.78, 5) is 10.4. The Bertz CT molecular complexity index is 258. The van der Waals surface area contributed by atoms with Crippen LogP contribution in [-0.4, -0.2) is 23.8 Å². The first-order valence-corrected chi connectivity index (χ1v) is 4.36. The second-order valence-corrected chi connectivity index (χ2v) is 3.71. The summed E-state index contributed by atoms with van der Waals surface area (Å²) in [5.41, 5.74) is 0. The molecule has 0 bridgehead atoms. The van der Waals surface area contributed by atoms with Crippen LogP contribution in [0, 0.1) is 0 Å². The van der Waals surface area contributed by atoms with Crippen LogP contribution >= 0.6 is 0 Å². The normalized spacial score (nSPS) is 17.5. The maximum absolute atomic E-state index is 13.0. The van der Waals surface area contributed by atoms with E-state index in [0.717, 1.165) is 13.8 Å². The van der Waals surface area contributed by atoms with Crippen LogP contribution in [0.4, 0.5) is 4.39 Å². The van der Waals surface area contributed by atoms with Crippen molar-refractivity contribution in [2.45, 2.75) is 25.3 Å². The lowest BCUT2D eigenvalue weighted by atomic mass is 10.2. The Balaban J connectivity index is 5.09. The molecule has 0 saturated carbocycles. The molecule has 1 atom stereocenters. The quantitative estimate of drug-likeness (QED) is 0.650. The fourth-order valence-corrected chi connectivity index (χ4v) is 1.34. The second-order valence-electron chi connectivity index (χ2n) is 2.11. The highest BCUT2D eigenvalue weighted by Crippen LogP contribution is 2.23. The second kappa shape index (κ2) is 2.86. The van der Waals surface area contributed by atoms with Gasteiger partial charge in [0.2, 0.25) is 0 Å². The molecule has 0 amide bonds. The maximum atomic E-state index is 13.0. The summed E-state index contributed by atoms with van der Waals surface area (Å²) in [6, 6.07) is 0. The van der Waals surface area contributed by atoms with Gasteiger partial charge in [-0.1, -0.05) is 6.92 Å². The molecule has 0 heterocycles. The zero-order valence-corrected chi connectivity index (χ0v) is 6.98. The molecular formula is C5H9FO4S. The third-order valence-corrected chi connectivity index (χ3v) is 2.78. The topological polar surface area (TPSA) is 71.4 Å². The van der Waals surface area contributed by atoms with Crippen LogP contribution < -0.4 is 0 Å². The van der Waals surface area contributed by atoms with E-state index in [1.54, 1.807) is 0 Å². The first-order chi connectivity index (χ1) is 4.75. The average molecular weight is 184 g/mol. The van der Waals surface area contributed by atoms with E-state index in [4.69, 9.17) is 4.55 Å². The van der Waals surface area contributed by atoms with Gasteiger partial charge in [-0.2, -0.15) is 8.42 Å². The first-order valence-electron chi connectivity index (χ1n) is 2.92. The number of carbonyl (C=O) groups is 1. The Hall–Kier alpha value is -0.490. The van der Waals surface area contributed by atoms with E-state index < -0.39 is 27.3 Å². The molecule has 1 unspecified atom stereocenters. The Kier molecular flexibility index (Phi) is 2.74. The number of hydrogen-bond donors (Lipinski definition) is 1. The molecule has 0 aromatic carbocycles. The molecular weight excluding hydrogens is 175 g/mol. The van der Waals surface area contributed by atoms with Gasteiger partial charge in [0.05, 0.1) is 0 Å². The monoisotopic (exact) mass is 184 g/mol. The third kappa shape index (κ3) is 1.75. The number of Topliss-reactive ketones (excluding diaryl/α,β-unsaturated/α-hetero) is 1. The molecule has 0 radical (unpaired) electrons. The van der Waals surface area contributed by atoms with Gasteiger partial charge in [0.25, 0.3) is 5.00 Å². The smallest absolute Gasteiger partial charge is 0.295 e. The van der Waals surface area contributed by atoms with Crippen LogP contribution in [0.2, 0.25) is 0 Å². The maximum Gasteiger partial charge on any atom is 0.307 e. The average Bonchev–Trinajstić information content (AvgIpc) is 1.83. The van der Waals surface area contributed by atoms with Crippen molar-refractivity contribution in [1.82, 2.24) is 0 Å². The highest BCUT2D eigenvalue weighted by atomic mass is 32.2. The van der Waals surface area contributed by atoms with Gasteiger partial charge < -0.3 is 0 Å². The van der Waals surface area contributed by atoms with Gasteiger partial charge in [0.1, 0.15) is 0 Å². The summed E-state index contributed by atoms with van der Waals surface area (Å²) < 4.78 is 41.8. The van der Waals surface area contributed by atoms with Crippen molar-refractivity contribution in [3.05, 3.63) is 0 Å². The van der Waals surface area contributed by atoms with E-state index in [2.05, 4.69) is 0 Å². The molecule has 0 spiro atoms. The zero-order chi connectivity index (χ0) is 9.28. The number of ketones is 1. The number of rotatable bonds is 3. The fourth-order valence-electron chi connectivity index (χ4n) is 0.613. The summed E-state index contributed by atoms with van der Waals surface area (Å²) in [6.07, 6.45) is -0.582. The van der Waals surface area contributed by atoms with Crippen LogP contribution in [0.25, 0.3) is 0 Å². The zero-order valence-electron chi connectivity index (χ0n) is 6.17. The van der Waals surface area contributed by atoms with E-state index in [-0.39, 0.29) is 0 Å². The Morgan fingerprint density at radius 1 is 1.64 bits per heavy atom. The molecule has 0 fully saturated rings. The van der Waals surface area contributed by atoms with Crippen molar-refractivity contribution in [3.8, 4) is 0 Å². The first kappa shape index (κ1) is 10.5. The van der Waals surface area contributed by atoms with Gasteiger partial charge in [0.15, 0.2) is 5.78 Å². The molecule has 0 aromatic rings. The number of halogens is 1. The molecule has 0 rings (SSSR count).